The Kier molecular flexibility index (Phi) is 5.81. The summed E-state index contributed by atoms with van der Waals surface area (Å²) in [5, 5.41) is 0. The third-order valence-corrected chi connectivity index (χ3v) is 3.95. The molecular formula is C13H16F3NO4S. The monoisotopic (exact) mass is 339 g/mol. The summed E-state index contributed by atoms with van der Waals surface area (Å²) in [7, 11) is -4.10. The first-order valence-corrected chi connectivity index (χ1v) is 7.89. The van der Waals surface area contributed by atoms with E-state index in [0.29, 0.717) is 6.42 Å². The van der Waals surface area contributed by atoms with Crippen molar-refractivity contribution in [3.8, 4) is 5.75 Å². The SMILES string of the molecule is CC(C)CCC(=O)NS(=O)(=O)c1ccc(OC(F)(F)F)cc1. The number of amides is 1. The van der Waals surface area contributed by atoms with Crippen molar-refractivity contribution in [3.05, 3.63) is 24.3 Å². The smallest absolute Gasteiger partial charge is 0.406 e. The summed E-state index contributed by atoms with van der Waals surface area (Å²) in [4.78, 5) is 11.2. The third kappa shape index (κ3) is 6.33. The zero-order valence-corrected chi connectivity index (χ0v) is 12.8. The van der Waals surface area contributed by atoms with E-state index in [1.54, 1.807) is 0 Å². The lowest BCUT2D eigenvalue weighted by molar-refractivity contribution is -0.274. The topological polar surface area (TPSA) is 72.5 Å². The number of hydrogen-bond donors (Lipinski definition) is 1. The fourth-order valence-electron chi connectivity index (χ4n) is 1.50. The molecule has 0 heterocycles. The number of alkyl halides is 3. The van der Waals surface area contributed by atoms with Gasteiger partial charge in [-0.05, 0) is 36.6 Å². The fraction of sp³-hybridized carbons (Fsp3) is 0.462. The van der Waals surface area contributed by atoms with Crippen LogP contribution < -0.4 is 9.46 Å². The number of carbonyl (C=O) groups excluding carboxylic acids is 1. The largest absolute Gasteiger partial charge is 0.573 e. The van der Waals surface area contributed by atoms with Crippen molar-refractivity contribution in [2.24, 2.45) is 5.92 Å². The lowest BCUT2D eigenvalue weighted by Gasteiger charge is -2.10. The van der Waals surface area contributed by atoms with Crippen LogP contribution in [0.2, 0.25) is 0 Å². The molecule has 1 N–H and O–H groups in total. The molecule has 22 heavy (non-hydrogen) atoms. The molecule has 0 atom stereocenters. The highest BCUT2D eigenvalue weighted by Crippen LogP contribution is 2.23. The highest BCUT2D eigenvalue weighted by molar-refractivity contribution is 7.90. The van der Waals surface area contributed by atoms with Gasteiger partial charge in [-0.3, -0.25) is 4.79 Å². The summed E-state index contributed by atoms with van der Waals surface area (Å²) in [6.45, 7) is 3.78. The van der Waals surface area contributed by atoms with E-state index in [9.17, 15) is 26.4 Å². The molecule has 0 saturated carbocycles. The maximum absolute atomic E-state index is 12.0. The van der Waals surface area contributed by atoms with Gasteiger partial charge in [-0.2, -0.15) is 0 Å². The summed E-state index contributed by atoms with van der Waals surface area (Å²) in [5.74, 6) is -0.964. The van der Waals surface area contributed by atoms with Crippen LogP contribution in [-0.2, 0) is 14.8 Å². The molecule has 0 aliphatic heterocycles. The molecule has 1 aromatic rings. The predicted octanol–water partition coefficient (Wildman–Crippen LogP) is 2.83. The van der Waals surface area contributed by atoms with Crippen LogP contribution in [0.4, 0.5) is 13.2 Å². The third-order valence-electron chi connectivity index (χ3n) is 2.56. The van der Waals surface area contributed by atoms with E-state index >= 15 is 0 Å². The van der Waals surface area contributed by atoms with Gasteiger partial charge in [0.15, 0.2) is 0 Å². The molecule has 0 aliphatic carbocycles. The van der Waals surface area contributed by atoms with Crippen LogP contribution in [0.25, 0.3) is 0 Å². The molecule has 0 bridgehead atoms. The Morgan fingerprint density at radius 1 is 1.23 bits per heavy atom. The minimum Gasteiger partial charge on any atom is -0.406 e. The summed E-state index contributed by atoms with van der Waals surface area (Å²) >= 11 is 0. The first-order chi connectivity index (χ1) is 9.99. The molecule has 0 spiro atoms. The van der Waals surface area contributed by atoms with Crippen molar-refractivity contribution in [2.75, 3.05) is 0 Å². The standard InChI is InChI=1S/C13H16F3NO4S/c1-9(2)3-8-12(18)17-22(19,20)11-6-4-10(5-7-11)21-13(14,15)16/h4-7,9H,3,8H2,1-2H3,(H,17,18). The van der Waals surface area contributed by atoms with Crippen molar-refractivity contribution < 1.29 is 31.1 Å². The lowest BCUT2D eigenvalue weighted by Crippen LogP contribution is -2.30. The van der Waals surface area contributed by atoms with Crippen LogP contribution >= 0.6 is 0 Å². The Morgan fingerprint density at radius 2 is 1.77 bits per heavy atom. The van der Waals surface area contributed by atoms with E-state index in [0.717, 1.165) is 24.3 Å². The maximum Gasteiger partial charge on any atom is 0.573 e. The molecule has 0 saturated heterocycles. The van der Waals surface area contributed by atoms with E-state index in [1.807, 2.05) is 18.6 Å². The number of sulfonamides is 1. The highest BCUT2D eigenvalue weighted by Gasteiger charge is 2.31. The minimum atomic E-state index is -4.86. The van der Waals surface area contributed by atoms with Gasteiger partial charge in [0, 0.05) is 6.42 Å². The second kappa shape index (κ2) is 6.99. The molecule has 9 heteroatoms. The number of halogens is 3. The molecular weight excluding hydrogens is 323 g/mol. The van der Waals surface area contributed by atoms with E-state index in [2.05, 4.69) is 4.74 Å². The summed E-state index contributed by atoms with van der Waals surface area (Å²) in [5.41, 5.74) is 0. The van der Waals surface area contributed by atoms with Crippen LogP contribution in [0.1, 0.15) is 26.7 Å². The molecule has 1 rings (SSSR count). The number of carbonyl (C=O) groups is 1. The zero-order valence-electron chi connectivity index (χ0n) is 12.0. The van der Waals surface area contributed by atoms with Gasteiger partial charge < -0.3 is 4.74 Å². The first kappa shape index (κ1) is 18.3. The van der Waals surface area contributed by atoms with Crippen molar-refractivity contribution in [1.29, 1.82) is 0 Å². The maximum atomic E-state index is 12.0. The predicted molar refractivity (Wildman–Crippen MR) is 72.5 cm³/mol. The zero-order chi connectivity index (χ0) is 17.0. The quantitative estimate of drug-likeness (QED) is 0.865. The van der Waals surface area contributed by atoms with Gasteiger partial charge in [-0.1, -0.05) is 13.8 Å². The normalized spacial score (nSPS) is 12.3. The molecule has 124 valence electrons. The second-order valence-electron chi connectivity index (χ2n) is 4.98. The van der Waals surface area contributed by atoms with Gasteiger partial charge in [0.25, 0.3) is 10.0 Å². The van der Waals surface area contributed by atoms with E-state index in [-0.39, 0.29) is 17.2 Å². The van der Waals surface area contributed by atoms with Crippen molar-refractivity contribution >= 4 is 15.9 Å². The number of benzene rings is 1. The molecule has 1 aromatic carbocycles. The Bertz CT molecular complexity index is 609. The summed E-state index contributed by atoms with van der Waals surface area (Å²) in [6.07, 6.45) is -4.28. The number of hydrogen-bond acceptors (Lipinski definition) is 4. The Labute approximate surface area is 126 Å². The van der Waals surface area contributed by atoms with Crippen molar-refractivity contribution in [3.63, 3.8) is 0 Å². The Balaban J connectivity index is 2.75. The number of rotatable bonds is 6. The molecule has 0 aliphatic rings. The summed E-state index contributed by atoms with van der Waals surface area (Å²) < 4.78 is 65.3. The van der Waals surface area contributed by atoms with Crippen LogP contribution in [-0.4, -0.2) is 20.7 Å². The van der Waals surface area contributed by atoms with Gasteiger partial charge in [0.2, 0.25) is 5.91 Å². The van der Waals surface area contributed by atoms with E-state index in [1.165, 1.54) is 0 Å². The molecule has 0 unspecified atom stereocenters. The average Bonchev–Trinajstić information content (AvgIpc) is 2.34. The van der Waals surface area contributed by atoms with Crippen molar-refractivity contribution in [1.82, 2.24) is 4.72 Å². The molecule has 1 amide bonds. The van der Waals surface area contributed by atoms with Gasteiger partial charge in [-0.25, -0.2) is 13.1 Å². The second-order valence-corrected chi connectivity index (χ2v) is 6.66. The first-order valence-electron chi connectivity index (χ1n) is 6.41. The van der Waals surface area contributed by atoms with Crippen molar-refractivity contribution in [2.45, 2.75) is 37.9 Å². The van der Waals surface area contributed by atoms with Gasteiger partial charge in [0.05, 0.1) is 4.90 Å². The van der Waals surface area contributed by atoms with Gasteiger partial charge >= 0.3 is 6.36 Å². The molecule has 0 aromatic heterocycles. The van der Waals surface area contributed by atoms with Crippen LogP contribution in [0.5, 0.6) is 5.75 Å². The summed E-state index contributed by atoms with van der Waals surface area (Å²) in [6, 6.07) is 3.58. The number of ether oxygens (including phenoxy) is 1. The minimum absolute atomic E-state index is 0.0478. The highest BCUT2D eigenvalue weighted by atomic mass is 32.2. The van der Waals surface area contributed by atoms with Crippen LogP contribution in [0.3, 0.4) is 0 Å². The average molecular weight is 339 g/mol. The molecule has 0 fully saturated rings. The van der Waals surface area contributed by atoms with Gasteiger partial charge in [0.1, 0.15) is 5.75 Å². The van der Waals surface area contributed by atoms with E-state index in [4.69, 9.17) is 0 Å². The molecule has 5 nitrogen and oxygen atoms in total. The Hall–Kier alpha value is -1.77. The van der Waals surface area contributed by atoms with Crippen LogP contribution in [0.15, 0.2) is 29.2 Å². The molecule has 0 radical (unpaired) electrons. The lowest BCUT2D eigenvalue weighted by atomic mass is 10.1. The van der Waals surface area contributed by atoms with Gasteiger partial charge in [-0.15, -0.1) is 13.2 Å². The van der Waals surface area contributed by atoms with Crippen LogP contribution in [0, 0.1) is 5.92 Å². The fourth-order valence-corrected chi connectivity index (χ4v) is 2.51. The number of nitrogens with one attached hydrogen (secondary N) is 1. The Morgan fingerprint density at radius 3 is 2.23 bits per heavy atom. The van der Waals surface area contributed by atoms with E-state index < -0.39 is 28.0 Å².